The minimum absolute atomic E-state index is 0.230. The van der Waals surface area contributed by atoms with Crippen LogP contribution in [0.4, 0.5) is 0 Å². The van der Waals surface area contributed by atoms with Gasteiger partial charge in [-0.1, -0.05) is 6.92 Å². The fraction of sp³-hybridized carbons (Fsp3) is 0.600. The second-order valence-electron chi connectivity index (χ2n) is 3.60. The maximum atomic E-state index is 11.7. The molecule has 3 nitrogen and oxygen atoms in total. The van der Waals surface area contributed by atoms with Crippen molar-refractivity contribution in [1.82, 2.24) is 4.31 Å². The second kappa shape index (κ2) is 5.09. The van der Waals surface area contributed by atoms with Crippen LogP contribution in [-0.4, -0.2) is 25.5 Å². The fourth-order valence-corrected chi connectivity index (χ4v) is 3.47. The molecule has 0 aromatic carbocycles. The van der Waals surface area contributed by atoms with Crippen molar-refractivity contribution in [2.24, 2.45) is 0 Å². The van der Waals surface area contributed by atoms with E-state index in [-0.39, 0.29) is 5.75 Å². The Morgan fingerprint density at radius 3 is 2.60 bits per heavy atom. The van der Waals surface area contributed by atoms with E-state index < -0.39 is 10.0 Å². The Bertz CT molecular complexity index is 409. The Labute approximate surface area is 95.8 Å². The van der Waals surface area contributed by atoms with E-state index in [4.69, 9.17) is 0 Å². The molecule has 15 heavy (non-hydrogen) atoms. The number of sulfonamides is 1. The van der Waals surface area contributed by atoms with Gasteiger partial charge in [0.15, 0.2) is 0 Å². The van der Waals surface area contributed by atoms with Gasteiger partial charge < -0.3 is 0 Å². The Kier molecular flexibility index (Phi) is 4.31. The fourth-order valence-electron chi connectivity index (χ4n) is 1.28. The molecule has 1 aromatic heterocycles. The maximum Gasteiger partial charge on any atom is 0.214 e. The molecule has 0 spiro atoms. The molecule has 0 radical (unpaired) electrons. The number of aryl methyl sites for hydroxylation is 1. The zero-order chi connectivity index (χ0) is 11.5. The lowest BCUT2D eigenvalue weighted by Crippen LogP contribution is -2.28. The molecule has 1 rings (SSSR count). The standard InChI is InChI=1S/C10H17NO2S2/c1-4-7-15(12,13)11(3)8-10-9(2)5-6-14-10/h5-6H,4,7-8H2,1-3H3. The van der Waals surface area contributed by atoms with Crippen LogP contribution < -0.4 is 0 Å². The quantitative estimate of drug-likeness (QED) is 0.800. The molecule has 0 aliphatic rings. The van der Waals surface area contributed by atoms with Crippen LogP contribution >= 0.6 is 11.3 Å². The van der Waals surface area contributed by atoms with Gasteiger partial charge in [-0.3, -0.25) is 0 Å². The van der Waals surface area contributed by atoms with E-state index in [0.29, 0.717) is 13.0 Å². The second-order valence-corrected chi connectivity index (χ2v) is 6.79. The van der Waals surface area contributed by atoms with E-state index in [1.54, 1.807) is 18.4 Å². The summed E-state index contributed by atoms with van der Waals surface area (Å²) in [6.07, 6.45) is 0.663. The van der Waals surface area contributed by atoms with Crippen LogP contribution in [-0.2, 0) is 16.6 Å². The number of hydrogen-bond donors (Lipinski definition) is 0. The summed E-state index contributed by atoms with van der Waals surface area (Å²) in [5.74, 6) is 0.230. The molecule has 0 amide bonds. The first kappa shape index (κ1) is 12.7. The summed E-state index contributed by atoms with van der Waals surface area (Å²) in [6, 6.07) is 2.01. The van der Waals surface area contributed by atoms with Crippen molar-refractivity contribution in [3.05, 3.63) is 21.9 Å². The maximum absolute atomic E-state index is 11.7. The first-order valence-corrected chi connectivity index (χ1v) is 7.43. The first-order valence-electron chi connectivity index (χ1n) is 4.94. The number of hydrogen-bond acceptors (Lipinski definition) is 3. The topological polar surface area (TPSA) is 37.4 Å². The molecular formula is C10H17NO2S2. The molecule has 0 aliphatic carbocycles. The summed E-state index contributed by atoms with van der Waals surface area (Å²) in [7, 11) is -1.42. The van der Waals surface area contributed by atoms with Crippen molar-refractivity contribution < 1.29 is 8.42 Å². The Morgan fingerprint density at radius 2 is 2.13 bits per heavy atom. The molecule has 0 atom stereocenters. The molecule has 0 fully saturated rings. The number of nitrogens with zero attached hydrogens (tertiary/aromatic N) is 1. The minimum Gasteiger partial charge on any atom is -0.212 e. The molecule has 1 aromatic rings. The largest absolute Gasteiger partial charge is 0.214 e. The average Bonchev–Trinajstić information content (AvgIpc) is 2.52. The molecule has 0 aliphatic heterocycles. The predicted octanol–water partition coefficient (Wildman–Crippen LogP) is 2.23. The molecule has 0 saturated heterocycles. The van der Waals surface area contributed by atoms with Gasteiger partial charge in [0.25, 0.3) is 0 Å². The van der Waals surface area contributed by atoms with Crippen molar-refractivity contribution in [2.75, 3.05) is 12.8 Å². The summed E-state index contributed by atoms with van der Waals surface area (Å²) in [6.45, 7) is 4.37. The van der Waals surface area contributed by atoms with Gasteiger partial charge in [-0.2, -0.15) is 4.31 Å². The predicted molar refractivity (Wildman–Crippen MR) is 64.6 cm³/mol. The average molecular weight is 247 g/mol. The highest BCUT2D eigenvalue weighted by atomic mass is 32.2. The molecule has 1 heterocycles. The summed E-state index contributed by atoms with van der Waals surface area (Å²) in [5, 5.41) is 1.99. The molecule has 86 valence electrons. The van der Waals surface area contributed by atoms with Gasteiger partial charge in [0, 0.05) is 18.5 Å². The molecule has 5 heteroatoms. The van der Waals surface area contributed by atoms with E-state index in [1.807, 2.05) is 25.3 Å². The van der Waals surface area contributed by atoms with Crippen molar-refractivity contribution in [3.8, 4) is 0 Å². The van der Waals surface area contributed by atoms with Crippen LogP contribution in [0.1, 0.15) is 23.8 Å². The van der Waals surface area contributed by atoms with Crippen LogP contribution in [0.3, 0.4) is 0 Å². The molecule has 0 N–H and O–H groups in total. The third kappa shape index (κ3) is 3.29. The normalized spacial score (nSPS) is 12.3. The van der Waals surface area contributed by atoms with Crippen LogP contribution in [0, 0.1) is 6.92 Å². The minimum atomic E-state index is -3.06. The van der Waals surface area contributed by atoms with Crippen molar-refractivity contribution >= 4 is 21.4 Å². The lowest BCUT2D eigenvalue weighted by Gasteiger charge is -2.16. The Morgan fingerprint density at radius 1 is 1.47 bits per heavy atom. The van der Waals surface area contributed by atoms with E-state index in [2.05, 4.69) is 0 Å². The highest BCUT2D eigenvalue weighted by Crippen LogP contribution is 2.18. The van der Waals surface area contributed by atoms with E-state index in [0.717, 1.165) is 4.88 Å². The van der Waals surface area contributed by atoms with Gasteiger partial charge in [0.05, 0.1) is 5.75 Å². The molecular weight excluding hydrogens is 230 g/mol. The van der Waals surface area contributed by atoms with Crippen LogP contribution in [0.25, 0.3) is 0 Å². The van der Waals surface area contributed by atoms with Crippen LogP contribution in [0.2, 0.25) is 0 Å². The molecule has 0 unspecified atom stereocenters. The molecule has 0 saturated carbocycles. The zero-order valence-electron chi connectivity index (χ0n) is 9.36. The summed E-state index contributed by atoms with van der Waals surface area (Å²) in [4.78, 5) is 1.12. The van der Waals surface area contributed by atoms with Crippen molar-refractivity contribution in [3.63, 3.8) is 0 Å². The van der Waals surface area contributed by atoms with Gasteiger partial charge in [-0.05, 0) is 30.4 Å². The van der Waals surface area contributed by atoms with Crippen molar-refractivity contribution in [2.45, 2.75) is 26.8 Å². The van der Waals surface area contributed by atoms with Gasteiger partial charge in [-0.15, -0.1) is 11.3 Å². The smallest absolute Gasteiger partial charge is 0.212 e. The van der Waals surface area contributed by atoms with Gasteiger partial charge in [0.2, 0.25) is 10.0 Å². The van der Waals surface area contributed by atoms with Crippen LogP contribution in [0.5, 0.6) is 0 Å². The Balaban J connectivity index is 2.72. The van der Waals surface area contributed by atoms with E-state index in [1.165, 1.54) is 9.87 Å². The lowest BCUT2D eigenvalue weighted by atomic mass is 10.3. The monoisotopic (exact) mass is 247 g/mol. The highest BCUT2D eigenvalue weighted by molar-refractivity contribution is 7.89. The summed E-state index contributed by atoms with van der Waals surface area (Å²) < 4.78 is 24.8. The van der Waals surface area contributed by atoms with Crippen LogP contribution in [0.15, 0.2) is 11.4 Å². The van der Waals surface area contributed by atoms with Gasteiger partial charge >= 0.3 is 0 Å². The number of rotatable bonds is 5. The van der Waals surface area contributed by atoms with Gasteiger partial charge in [0.1, 0.15) is 0 Å². The third-order valence-corrected chi connectivity index (χ3v) is 5.28. The van der Waals surface area contributed by atoms with Crippen molar-refractivity contribution in [1.29, 1.82) is 0 Å². The lowest BCUT2D eigenvalue weighted by molar-refractivity contribution is 0.468. The summed E-state index contributed by atoms with van der Waals surface area (Å²) >= 11 is 1.61. The van der Waals surface area contributed by atoms with E-state index >= 15 is 0 Å². The van der Waals surface area contributed by atoms with Gasteiger partial charge in [-0.25, -0.2) is 8.42 Å². The SMILES string of the molecule is CCCS(=O)(=O)N(C)Cc1sccc1C. The zero-order valence-corrected chi connectivity index (χ0v) is 11.0. The number of thiophene rings is 1. The first-order chi connectivity index (χ1) is 6.97. The summed E-state index contributed by atoms with van der Waals surface area (Å²) in [5.41, 5.74) is 1.17. The molecule has 0 bridgehead atoms. The third-order valence-electron chi connectivity index (χ3n) is 2.27. The Hall–Kier alpha value is -0.390. The van der Waals surface area contributed by atoms with E-state index in [9.17, 15) is 8.42 Å². The highest BCUT2D eigenvalue weighted by Gasteiger charge is 2.17.